The van der Waals surface area contributed by atoms with Crippen LogP contribution in [0.1, 0.15) is 30.9 Å². The lowest BCUT2D eigenvalue weighted by atomic mass is 10.0. The van der Waals surface area contributed by atoms with E-state index in [1.165, 1.54) is 0 Å². The Bertz CT molecular complexity index is 269. The molecular weight excluding hydrogens is 220 g/mol. The first-order valence-electron chi connectivity index (χ1n) is 4.20. The molecule has 1 fully saturated rings. The van der Waals surface area contributed by atoms with Crippen LogP contribution < -0.4 is 0 Å². The third-order valence-electron chi connectivity index (χ3n) is 2.46. The van der Waals surface area contributed by atoms with Crippen molar-refractivity contribution in [2.45, 2.75) is 31.3 Å². The maximum Gasteiger partial charge on any atom is 0.123 e. The Labute approximate surface area is 79.7 Å². The van der Waals surface area contributed by atoms with E-state index in [9.17, 15) is 5.11 Å². The Morgan fingerprint density at radius 1 is 1.50 bits per heavy atom. The maximum atomic E-state index is 9.60. The molecule has 0 amide bonds. The normalized spacial score (nSPS) is 29.5. The van der Waals surface area contributed by atoms with Gasteiger partial charge in [-0.2, -0.15) is 0 Å². The zero-order valence-electron chi connectivity index (χ0n) is 6.66. The molecule has 0 bridgehead atoms. The fraction of sp³-hybridized carbons (Fsp3) is 0.556. The third-order valence-corrected chi connectivity index (χ3v) is 3.12. The zero-order valence-corrected chi connectivity index (χ0v) is 8.25. The molecule has 1 saturated carbocycles. The summed E-state index contributed by atoms with van der Waals surface area (Å²) in [4.78, 5) is 0. The van der Waals surface area contributed by atoms with E-state index >= 15 is 0 Å². The highest BCUT2D eigenvalue weighted by molar-refractivity contribution is 9.10. The van der Waals surface area contributed by atoms with Gasteiger partial charge in [0.15, 0.2) is 0 Å². The van der Waals surface area contributed by atoms with Gasteiger partial charge < -0.3 is 9.52 Å². The summed E-state index contributed by atoms with van der Waals surface area (Å²) < 4.78 is 6.29. The van der Waals surface area contributed by atoms with Crippen LogP contribution in [-0.2, 0) is 0 Å². The number of aliphatic hydroxyl groups excluding tert-OH is 1. The first kappa shape index (κ1) is 8.32. The van der Waals surface area contributed by atoms with Crippen LogP contribution in [0.2, 0.25) is 0 Å². The standard InChI is InChI=1S/C9H11BrO2/c10-7-4-5-12-9(7)6-2-1-3-8(6)11/h4-6,8,11H,1-3H2/t6-,8-/m1/s1. The second-order valence-electron chi connectivity index (χ2n) is 3.24. The van der Waals surface area contributed by atoms with Gasteiger partial charge in [0.1, 0.15) is 5.76 Å². The first-order valence-corrected chi connectivity index (χ1v) is 4.99. The highest BCUT2D eigenvalue weighted by Gasteiger charge is 2.30. The summed E-state index contributed by atoms with van der Waals surface area (Å²) in [5.74, 6) is 1.11. The molecule has 2 rings (SSSR count). The second kappa shape index (κ2) is 3.23. The summed E-state index contributed by atoms with van der Waals surface area (Å²) in [5.41, 5.74) is 0. The molecule has 2 atom stereocenters. The van der Waals surface area contributed by atoms with E-state index in [0.29, 0.717) is 0 Å². The Morgan fingerprint density at radius 3 is 2.83 bits per heavy atom. The lowest BCUT2D eigenvalue weighted by Crippen LogP contribution is -2.10. The molecular formula is C9H11BrO2. The SMILES string of the molecule is O[C@@H]1CCC[C@H]1c1occc1Br. The van der Waals surface area contributed by atoms with Gasteiger partial charge in [-0.3, -0.25) is 0 Å². The molecule has 1 aliphatic carbocycles. The highest BCUT2D eigenvalue weighted by atomic mass is 79.9. The largest absolute Gasteiger partial charge is 0.468 e. The van der Waals surface area contributed by atoms with Crippen LogP contribution in [0.15, 0.2) is 21.2 Å². The van der Waals surface area contributed by atoms with Crippen molar-refractivity contribution in [2.24, 2.45) is 0 Å². The fourth-order valence-electron chi connectivity index (χ4n) is 1.82. The number of hydrogen-bond donors (Lipinski definition) is 1. The Hall–Kier alpha value is -0.280. The Balaban J connectivity index is 2.24. The van der Waals surface area contributed by atoms with E-state index in [1.807, 2.05) is 6.07 Å². The molecule has 1 heterocycles. The number of aliphatic hydroxyl groups is 1. The van der Waals surface area contributed by atoms with Crippen LogP contribution in [0.5, 0.6) is 0 Å². The summed E-state index contributed by atoms with van der Waals surface area (Å²) >= 11 is 3.40. The van der Waals surface area contributed by atoms with Gasteiger partial charge in [-0.05, 0) is 34.8 Å². The van der Waals surface area contributed by atoms with E-state index in [0.717, 1.165) is 29.5 Å². The van der Waals surface area contributed by atoms with Crippen molar-refractivity contribution in [2.75, 3.05) is 0 Å². The molecule has 0 spiro atoms. The van der Waals surface area contributed by atoms with Crippen LogP contribution in [0.4, 0.5) is 0 Å². The van der Waals surface area contributed by atoms with Gasteiger partial charge in [-0.25, -0.2) is 0 Å². The molecule has 3 heteroatoms. The van der Waals surface area contributed by atoms with Crippen LogP contribution in [0, 0.1) is 0 Å². The van der Waals surface area contributed by atoms with Crippen molar-refractivity contribution in [3.05, 3.63) is 22.6 Å². The molecule has 1 aromatic heterocycles. The van der Waals surface area contributed by atoms with E-state index in [-0.39, 0.29) is 12.0 Å². The molecule has 1 aromatic rings. The van der Waals surface area contributed by atoms with E-state index in [2.05, 4.69) is 15.9 Å². The molecule has 2 nitrogen and oxygen atoms in total. The van der Waals surface area contributed by atoms with Gasteiger partial charge in [0.05, 0.1) is 16.8 Å². The molecule has 0 saturated heterocycles. The number of hydrogen-bond acceptors (Lipinski definition) is 2. The van der Waals surface area contributed by atoms with Crippen molar-refractivity contribution < 1.29 is 9.52 Å². The summed E-state index contributed by atoms with van der Waals surface area (Å²) in [6.07, 6.45) is 4.47. The van der Waals surface area contributed by atoms with Crippen LogP contribution in [-0.4, -0.2) is 11.2 Å². The van der Waals surface area contributed by atoms with Crippen molar-refractivity contribution in [1.82, 2.24) is 0 Å². The molecule has 0 unspecified atom stereocenters. The van der Waals surface area contributed by atoms with Crippen LogP contribution in [0.25, 0.3) is 0 Å². The Morgan fingerprint density at radius 2 is 2.33 bits per heavy atom. The number of halogens is 1. The molecule has 0 aromatic carbocycles. The fourth-order valence-corrected chi connectivity index (χ4v) is 2.31. The van der Waals surface area contributed by atoms with E-state index < -0.39 is 0 Å². The summed E-state index contributed by atoms with van der Waals surface area (Å²) in [7, 11) is 0. The van der Waals surface area contributed by atoms with Crippen LogP contribution in [0.3, 0.4) is 0 Å². The first-order chi connectivity index (χ1) is 5.79. The lowest BCUT2D eigenvalue weighted by molar-refractivity contribution is 0.154. The minimum absolute atomic E-state index is 0.203. The monoisotopic (exact) mass is 230 g/mol. The molecule has 12 heavy (non-hydrogen) atoms. The average molecular weight is 231 g/mol. The second-order valence-corrected chi connectivity index (χ2v) is 4.09. The van der Waals surface area contributed by atoms with E-state index in [1.54, 1.807) is 6.26 Å². The van der Waals surface area contributed by atoms with Gasteiger partial charge >= 0.3 is 0 Å². The lowest BCUT2D eigenvalue weighted by Gasteiger charge is -2.11. The van der Waals surface area contributed by atoms with Crippen LogP contribution >= 0.6 is 15.9 Å². The molecule has 0 aliphatic heterocycles. The van der Waals surface area contributed by atoms with Crippen molar-refractivity contribution >= 4 is 15.9 Å². The molecule has 0 radical (unpaired) electrons. The molecule has 1 aliphatic rings. The minimum Gasteiger partial charge on any atom is -0.468 e. The van der Waals surface area contributed by atoms with Gasteiger partial charge in [0, 0.05) is 5.92 Å². The number of rotatable bonds is 1. The van der Waals surface area contributed by atoms with Gasteiger partial charge in [-0.15, -0.1) is 0 Å². The van der Waals surface area contributed by atoms with E-state index in [4.69, 9.17) is 4.42 Å². The molecule has 1 N–H and O–H groups in total. The number of furan rings is 1. The summed E-state index contributed by atoms with van der Waals surface area (Å²) in [6, 6.07) is 1.88. The van der Waals surface area contributed by atoms with Crippen molar-refractivity contribution in [3.8, 4) is 0 Å². The summed E-state index contributed by atoms with van der Waals surface area (Å²) in [6.45, 7) is 0. The predicted octanol–water partition coefficient (Wildman–Crippen LogP) is 2.67. The minimum atomic E-state index is -0.215. The summed E-state index contributed by atoms with van der Waals surface area (Å²) in [5, 5.41) is 9.60. The highest BCUT2D eigenvalue weighted by Crippen LogP contribution is 2.38. The average Bonchev–Trinajstić information content (AvgIpc) is 2.59. The maximum absolute atomic E-state index is 9.60. The van der Waals surface area contributed by atoms with Crippen molar-refractivity contribution in [3.63, 3.8) is 0 Å². The predicted molar refractivity (Wildman–Crippen MR) is 49.0 cm³/mol. The topological polar surface area (TPSA) is 33.4 Å². The van der Waals surface area contributed by atoms with Crippen molar-refractivity contribution in [1.29, 1.82) is 0 Å². The van der Waals surface area contributed by atoms with Gasteiger partial charge in [-0.1, -0.05) is 6.42 Å². The zero-order chi connectivity index (χ0) is 8.55. The smallest absolute Gasteiger partial charge is 0.123 e. The Kier molecular flexibility index (Phi) is 2.24. The third kappa shape index (κ3) is 1.31. The van der Waals surface area contributed by atoms with Gasteiger partial charge in [0.25, 0.3) is 0 Å². The quantitative estimate of drug-likeness (QED) is 0.805. The molecule has 66 valence electrons. The van der Waals surface area contributed by atoms with Gasteiger partial charge in [0.2, 0.25) is 0 Å².